The van der Waals surface area contributed by atoms with Crippen LogP contribution < -0.4 is 25.1 Å². The monoisotopic (exact) mass is 418 g/mol. The molecule has 0 saturated carbocycles. The van der Waals surface area contributed by atoms with Crippen molar-refractivity contribution < 1.29 is 27.8 Å². The minimum Gasteiger partial charge on any atom is -0.493 e. The summed E-state index contributed by atoms with van der Waals surface area (Å²) in [6.45, 7) is 0.405. The highest BCUT2D eigenvalue weighted by Crippen LogP contribution is 2.35. The lowest BCUT2D eigenvalue weighted by atomic mass is 10.1. The number of fused-ring (bicyclic) bond motifs is 2. The van der Waals surface area contributed by atoms with Crippen molar-refractivity contribution in [1.82, 2.24) is 5.32 Å². The number of nitrogens with one attached hydrogen (secondary N) is 1. The van der Waals surface area contributed by atoms with Crippen LogP contribution in [0.15, 0.2) is 74.7 Å². The number of amides is 1. The summed E-state index contributed by atoms with van der Waals surface area (Å²) < 4.78 is 27.5. The Morgan fingerprint density at radius 1 is 1.10 bits per heavy atom. The first-order valence-corrected chi connectivity index (χ1v) is 9.57. The van der Waals surface area contributed by atoms with E-state index >= 15 is 0 Å². The van der Waals surface area contributed by atoms with Gasteiger partial charge in [-0.15, -0.1) is 0 Å². The molecule has 1 amide bonds. The highest BCUT2D eigenvalue weighted by molar-refractivity contribution is 5.97. The molecule has 5 rings (SSSR count). The van der Waals surface area contributed by atoms with Crippen LogP contribution in [-0.4, -0.2) is 19.8 Å². The van der Waals surface area contributed by atoms with Crippen LogP contribution in [0, 0.1) is 0 Å². The van der Waals surface area contributed by atoms with Crippen LogP contribution in [0.4, 0.5) is 5.69 Å². The van der Waals surface area contributed by atoms with Crippen molar-refractivity contribution in [3.05, 3.63) is 77.7 Å². The van der Waals surface area contributed by atoms with Gasteiger partial charge in [0.2, 0.25) is 12.3 Å². The first-order valence-electron chi connectivity index (χ1n) is 9.57. The van der Waals surface area contributed by atoms with Gasteiger partial charge in [0, 0.05) is 11.5 Å². The summed E-state index contributed by atoms with van der Waals surface area (Å²) in [6.07, 6.45) is 1.56. The second-order valence-corrected chi connectivity index (χ2v) is 6.76. The van der Waals surface area contributed by atoms with E-state index < -0.39 is 0 Å². The fraction of sp³-hybridized carbons (Fsp3) is 0.130. The van der Waals surface area contributed by atoms with Gasteiger partial charge >= 0.3 is 0 Å². The second-order valence-electron chi connectivity index (χ2n) is 6.76. The molecular formula is C23H18N2O6. The molecule has 3 heterocycles. The van der Waals surface area contributed by atoms with Gasteiger partial charge in [0.1, 0.15) is 11.3 Å². The van der Waals surface area contributed by atoms with Gasteiger partial charge in [0.25, 0.3) is 5.91 Å². The lowest BCUT2D eigenvalue weighted by Crippen LogP contribution is -2.28. The van der Waals surface area contributed by atoms with Gasteiger partial charge in [-0.1, -0.05) is 12.1 Å². The van der Waals surface area contributed by atoms with Crippen molar-refractivity contribution in [3.63, 3.8) is 0 Å². The van der Waals surface area contributed by atoms with E-state index in [9.17, 15) is 4.79 Å². The number of hydrogen-bond acceptors (Lipinski definition) is 7. The third-order valence-electron chi connectivity index (χ3n) is 4.79. The standard InChI is InChI=1S/C23H18N2O6/c1-27-19-6-2-4-14-10-17(22(26)24-12-16-5-3-9-28-16)23(31-21(14)19)25-15-7-8-18-20(11-15)30-13-29-18/h2-11H,12-13H2,1H3,(H,24,26). The summed E-state index contributed by atoms with van der Waals surface area (Å²) in [4.78, 5) is 17.6. The molecule has 8 nitrogen and oxygen atoms in total. The molecule has 0 fully saturated rings. The highest BCUT2D eigenvalue weighted by atomic mass is 16.7. The molecule has 0 aliphatic carbocycles. The predicted octanol–water partition coefficient (Wildman–Crippen LogP) is 3.93. The van der Waals surface area contributed by atoms with Gasteiger partial charge in [-0.25, -0.2) is 4.99 Å². The SMILES string of the molecule is COc1cccc2cc(C(=O)NCc3ccco3)c(=Nc3ccc4c(c3)OCO4)oc12. The van der Waals surface area contributed by atoms with Crippen molar-refractivity contribution in [2.24, 2.45) is 4.99 Å². The number of benzene rings is 2. The van der Waals surface area contributed by atoms with Crippen molar-refractivity contribution >= 4 is 22.6 Å². The van der Waals surface area contributed by atoms with E-state index in [4.69, 9.17) is 23.0 Å². The summed E-state index contributed by atoms with van der Waals surface area (Å²) in [7, 11) is 1.56. The van der Waals surface area contributed by atoms with E-state index in [1.54, 1.807) is 55.8 Å². The molecule has 0 atom stereocenters. The minimum absolute atomic E-state index is 0.146. The van der Waals surface area contributed by atoms with Gasteiger partial charge in [0.05, 0.1) is 25.6 Å². The Labute approximate surface area is 176 Å². The largest absolute Gasteiger partial charge is 0.493 e. The number of para-hydroxylation sites is 1. The number of furan rings is 1. The first kappa shape index (κ1) is 18.8. The average molecular weight is 418 g/mol. The molecule has 1 N–H and O–H groups in total. The summed E-state index contributed by atoms with van der Waals surface area (Å²) in [5, 5.41) is 3.55. The van der Waals surface area contributed by atoms with Crippen LogP contribution >= 0.6 is 0 Å². The summed E-state index contributed by atoms with van der Waals surface area (Å²) in [5.74, 6) is 2.07. The lowest BCUT2D eigenvalue weighted by molar-refractivity contribution is 0.0944. The number of nitrogens with zero attached hydrogens (tertiary/aromatic N) is 1. The molecule has 31 heavy (non-hydrogen) atoms. The average Bonchev–Trinajstić information content (AvgIpc) is 3.48. The number of methoxy groups -OCH3 is 1. The van der Waals surface area contributed by atoms with E-state index in [0.29, 0.717) is 39.7 Å². The second kappa shape index (κ2) is 7.91. The molecule has 1 aliphatic heterocycles. The fourth-order valence-corrected chi connectivity index (χ4v) is 3.28. The predicted molar refractivity (Wildman–Crippen MR) is 110 cm³/mol. The van der Waals surface area contributed by atoms with E-state index in [2.05, 4.69) is 10.3 Å². The molecular weight excluding hydrogens is 400 g/mol. The molecule has 4 aromatic rings. The minimum atomic E-state index is -0.343. The summed E-state index contributed by atoms with van der Waals surface area (Å²) in [6, 6.07) is 16.0. The van der Waals surface area contributed by atoms with E-state index in [1.165, 1.54) is 0 Å². The maximum Gasteiger partial charge on any atom is 0.257 e. The summed E-state index contributed by atoms with van der Waals surface area (Å²) >= 11 is 0. The Morgan fingerprint density at radius 2 is 2.00 bits per heavy atom. The van der Waals surface area contributed by atoms with E-state index in [-0.39, 0.29) is 30.4 Å². The van der Waals surface area contributed by atoms with Gasteiger partial charge in [-0.2, -0.15) is 0 Å². The van der Waals surface area contributed by atoms with Crippen LogP contribution in [0.1, 0.15) is 16.1 Å². The quantitative estimate of drug-likeness (QED) is 0.528. The number of ether oxygens (including phenoxy) is 3. The number of carbonyl (C=O) groups is 1. The molecule has 156 valence electrons. The molecule has 2 aromatic carbocycles. The molecule has 8 heteroatoms. The smallest absolute Gasteiger partial charge is 0.257 e. The molecule has 0 bridgehead atoms. The van der Waals surface area contributed by atoms with Crippen LogP contribution in [0.2, 0.25) is 0 Å². The zero-order valence-electron chi connectivity index (χ0n) is 16.6. The molecule has 0 unspecified atom stereocenters. The van der Waals surface area contributed by atoms with Gasteiger partial charge in [-0.05, 0) is 36.4 Å². The van der Waals surface area contributed by atoms with Crippen LogP contribution in [0.3, 0.4) is 0 Å². The zero-order valence-corrected chi connectivity index (χ0v) is 16.6. The lowest BCUT2D eigenvalue weighted by Gasteiger charge is -2.08. The Hall–Kier alpha value is -4.20. The van der Waals surface area contributed by atoms with Crippen molar-refractivity contribution in [1.29, 1.82) is 0 Å². The molecule has 0 radical (unpaired) electrons. The van der Waals surface area contributed by atoms with Crippen LogP contribution in [-0.2, 0) is 6.54 Å². The van der Waals surface area contributed by atoms with E-state index in [0.717, 1.165) is 0 Å². The molecule has 2 aromatic heterocycles. The molecule has 0 spiro atoms. The van der Waals surface area contributed by atoms with Gasteiger partial charge < -0.3 is 28.4 Å². The van der Waals surface area contributed by atoms with E-state index in [1.807, 2.05) is 12.1 Å². The van der Waals surface area contributed by atoms with Gasteiger partial charge in [-0.3, -0.25) is 4.79 Å². The third kappa shape index (κ3) is 3.71. The zero-order chi connectivity index (χ0) is 21.2. The van der Waals surface area contributed by atoms with Crippen molar-refractivity contribution in [2.45, 2.75) is 6.54 Å². The number of hydrogen-bond donors (Lipinski definition) is 1. The van der Waals surface area contributed by atoms with Crippen molar-refractivity contribution in [2.75, 3.05) is 13.9 Å². The van der Waals surface area contributed by atoms with Crippen LogP contribution in [0.25, 0.3) is 11.0 Å². The Balaban J connectivity index is 1.61. The Morgan fingerprint density at radius 3 is 2.84 bits per heavy atom. The normalized spacial score (nSPS) is 12.9. The van der Waals surface area contributed by atoms with Crippen molar-refractivity contribution in [3.8, 4) is 17.2 Å². The first-order chi connectivity index (χ1) is 15.2. The maximum atomic E-state index is 13.0. The van der Waals surface area contributed by atoms with Crippen LogP contribution in [0.5, 0.6) is 17.2 Å². The Kier molecular flexibility index (Phi) is 4.80. The number of rotatable bonds is 5. The molecule has 0 saturated heterocycles. The highest BCUT2D eigenvalue weighted by Gasteiger charge is 2.17. The summed E-state index contributed by atoms with van der Waals surface area (Å²) in [5.41, 5.74) is 1.48. The topological polar surface area (TPSA) is 95.4 Å². The number of carbonyl (C=O) groups excluding carboxylic acids is 1. The maximum absolute atomic E-state index is 13.0. The van der Waals surface area contributed by atoms with Gasteiger partial charge in [0.15, 0.2) is 22.8 Å². The Bertz CT molecular complexity index is 1320. The third-order valence-corrected chi connectivity index (χ3v) is 4.79. The fourth-order valence-electron chi connectivity index (χ4n) is 3.28. The molecule has 1 aliphatic rings.